The van der Waals surface area contributed by atoms with E-state index >= 15 is 0 Å². The molecule has 2 heterocycles. The van der Waals surface area contributed by atoms with Crippen molar-refractivity contribution in [2.45, 2.75) is 25.1 Å². The largest absolute Gasteiger partial charge is 0.389 e. The van der Waals surface area contributed by atoms with Gasteiger partial charge in [0.15, 0.2) is 0 Å². The van der Waals surface area contributed by atoms with E-state index in [9.17, 15) is 0 Å². The molecule has 0 amide bonds. The fourth-order valence-corrected chi connectivity index (χ4v) is 3.31. The van der Waals surface area contributed by atoms with E-state index in [2.05, 4.69) is 23.7 Å². The Morgan fingerprint density at radius 2 is 2.35 bits per heavy atom. The van der Waals surface area contributed by atoms with Crippen LogP contribution in [0.4, 0.5) is 5.82 Å². The number of nitrogens with two attached hydrogens (primary N) is 1. The van der Waals surface area contributed by atoms with Gasteiger partial charge in [0, 0.05) is 29.8 Å². The summed E-state index contributed by atoms with van der Waals surface area (Å²) >= 11 is 7.10. The predicted octanol–water partition coefficient (Wildman–Crippen LogP) is 2.05. The Bertz CT molecular complexity index is 422. The molecule has 1 aromatic heterocycles. The molecule has 0 bridgehead atoms. The molecule has 0 saturated carbocycles. The maximum atomic E-state index is 5.76. The van der Waals surface area contributed by atoms with E-state index in [0.717, 1.165) is 23.7 Å². The van der Waals surface area contributed by atoms with Crippen LogP contribution in [-0.4, -0.2) is 33.6 Å². The van der Waals surface area contributed by atoms with E-state index in [4.69, 9.17) is 18.0 Å². The van der Waals surface area contributed by atoms with Crippen LogP contribution in [0.5, 0.6) is 0 Å². The lowest BCUT2D eigenvalue weighted by molar-refractivity contribution is 0.620. The predicted molar refractivity (Wildman–Crippen MR) is 78.9 cm³/mol. The average molecular weight is 267 g/mol. The van der Waals surface area contributed by atoms with Crippen LogP contribution in [0.1, 0.15) is 19.4 Å². The lowest BCUT2D eigenvalue weighted by atomic mass is 10.1. The zero-order valence-corrected chi connectivity index (χ0v) is 11.7. The van der Waals surface area contributed by atoms with Gasteiger partial charge >= 0.3 is 0 Å². The van der Waals surface area contributed by atoms with Gasteiger partial charge in [0.1, 0.15) is 10.8 Å². The highest BCUT2D eigenvalue weighted by molar-refractivity contribution is 8.00. The van der Waals surface area contributed by atoms with Gasteiger partial charge in [-0.05, 0) is 19.1 Å². The quantitative estimate of drug-likeness (QED) is 0.831. The molecule has 0 radical (unpaired) electrons. The van der Waals surface area contributed by atoms with Gasteiger partial charge in [-0.25, -0.2) is 4.98 Å². The molecule has 0 aliphatic carbocycles. The molecule has 1 fully saturated rings. The van der Waals surface area contributed by atoms with Crippen LogP contribution in [0, 0.1) is 0 Å². The minimum absolute atomic E-state index is 0.422. The van der Waals surface area contributed by atoms with E-state index in [0.29, 0.717) is 16.3 Å². The number of hydrogen-bond acceptors (Lipinski definition) is 4. The third-order valence-corrected chi connectivity index (χ3v) is 4.77. The normalized spacial score (nSPS) is 24.7. The van der Waals surface area contributed by atoms with Gasteiger partial charge in [-0.1, -0.05) is 19.1 Å². The van der Waals surface area contributed by atoms with Crippen molar-refractivity contribution in [3.05, 3.63) is 23.9 Å². The van der Waals surface area contributed by atoms with Gasteiger partial charge in [0.05, 0.1) is 5.56 Å². The summed E-state index contributed by atoms with van der Waals surface area (Å²) in [5, 5.41) is 0.602. The second kappa shape index (κ2) is 5.23. The number of pyridine rings is 1. The van der Waals surface area contributed by atoms with Gasteiger partial charge < -0.3 is 10.6 Å². The van der Waals surface area contributed by atoms with Crippen molar-refractivity contribution >= 4 is 34.8 Å². The van der Waals surface area contributed by atoms with Crippen molar-refractivity contribution in [3.8, 4) is 0 Å². The standard InChI is InChI=1S/C12H17N3S2/c1-8-9(2)17-7-6-15(8)12-10(11(13)16)4-3-5-14-12/h3-5,8-9H,6-7H2,1-2H3,(H2,13,16). The Kier molecular flexibility index (Phi) is 3.89. The Balaban J connectivity index is 2.36. The maximum Gasteiger partial charge on any atom is 0.139 e. The number of hydrogen-bond donors (Lipinski definition) is 1. The van der Waals surface area contributed by atoms with E-state index in [-0.39, 0.29) is 0 Å². The minimum Gasteiger partial charge on any atom is -0.389 e. The zero-order valence-electron chi connectivity index (χ0n) is 10.1. The third-order valence-electron chi connectivity index (χ3n) is 3.21. The van der Waals surface area contributed by atoms with Gasteiger partial charge in [0.2, 0.25) is 0 Å². The molecule has 0 spiro atoms. The Labute approximate surface area is 112 Å². The van der Waals surface area contributed by atoms with E-state index in [1.165, 1.54) is 0 Å². The van der Waals surface area contributed by atoms with Crippen LogP contribution in [0.2, 0.25) is 0 Å². The van der Waals surface area contributed by atoms with Gasteiger partial charge in [-0.15, -0.1) is 0 Å². The summed E-state index contributed by atoms with van der Waals surface area (Å²) in [6, 6.07) is 4.28. The highest BCUT2D eigenvalue weighted by Crippen LogP contribution is 2.29. The molecule has 1 saturated heterocycles. The molecular formula is C12H17N3S2. The average Bonchev–Trinajstić information content (AvgIpc) is 2.33. The SMILES string of the molecule is CC1SCCN(c2ncccc2C(N)=S)C1C. The summed E-state index contributed by atoms with van der Waals surface area (Å²) in [4.78, 5) is 7.20. The van der Waals surface area contributed by atoms with Crippen molar-refractivity contribution in [2.24, 2.45) is 5.73 Å². The van der Waals surface area contributed by atoms with Crippen LogP contribution in [0.25, 0.3) is 0 Å². The minimum atomic E-state index is 0.422. The molecule has 1 aliphatic heterocycles. The fraction of sp³-hybridized carbons (Fsp3) is 0.500. The number of anilines is 1. The fourth-order valence-electron chi connectivity index (χ4n) is 2.05. The Morgan fingerprint density at radius 3 is 3.06 bits per heavy atom. The number of thioether (sulfide) groups is 1. The first-order chi connectivity index (χ1) is 8.11. The molecule has 92 valence electrons. The molecule has 17 heavy (non-hydrogen) atoms. The number of rotatable bonds is 2. The molecule has 3 nitrogen and oxygen atoms in total. The molecule has 1 aromatic rings. The lowest BCUT2D eigenvalue weighted by Crippen LogP contribution is -2.46. The van der Waals surface area contributed by atoms with Gasteiger partial charge in [-0.3, -0.25) is 0 Å². The highest BCUT2D eigenvalue weighted by Gasteiger charge is 2.27. The molecule has 0 aromatic carbocycles. The third kappa shape index (κ3) is 2.55. The number of aromatic nitrogens is 1. The number of thiocarbonyl (C=S) groups is 1. The van der Waals surface area contributed by atoms with Crippen LogP contribution in [-0.2, 0) is 0 Å². The van der Waals surface area contributed by atoms with Gasteiger partial charge in [-0.2, -0.15) is 11.8 Å². The monoisotopic (exact) mass is 267 g/mol. The topological polar surface area (TPSA) is 42.2 Å². The molecular weight excluding hydrogens is 250 g/mol. The maximum absolute atomic E-state index is 5.76. The van der Waals surface area contributed by atoms with Crippen molar-refractivity contribution in [2.75, 3.05) is 17.2 Å². The van der Waals surface area contributed by atoms with Crippen LogP contribution in [0.15, 0.2) is 18.3 Å². The van der Waals surface area contributed by atoms with Crippen LogP contribution in [0.3, 0.4) is 0 Å². The molecule has 2 rings (SSSR count). The zero-order chi connectivity index (χ0) is 12.4. The smallest absolute Gasteiger partial charge is 0.139 e. The summed E-state index contributed by atoms with van der Waals surface area (Å²) in [7, 11) is 0. The summed E-state index contributed by atoms with van der Waals surface area (Å²) in [6.07, 6.45) is 1.80. The molecule has 5 heteroatoms. The van der Waals surface area contributed by atoms with Crippen LogP contribution < -0.4 is 10.6 Å². The van der Waals surface area contributed by atoms with Crippen molar-refractivity contribution in [1.82, 2.24) is 4.98 Å². The van der Waals surface area contributed by atoms with E-state index in [1.54, 1.807) is 6.20 Å². The van der Waals surface area contributed by atoms with Gasteiger partial charge in [0.25, 0.3) is 0 Å². The summed E-state index contributed by atoms with van der Waals surface area (Å²) in [5.41, 5.74) is 6.64. The Hall–Kier alpha value is -0.810. The second-order valence-electron chi connectivity index (χ2n) is 4.25. The summed E-state index contributed by atoms with van der Waals surface area (Å²) in [6.45, 7) is 5.49. The highest BCUT2D eigenvalue weighted by atomic mass is 32.2. The first-order valence-electron chi connectivity index (χ1n) is 5.74. The van der Waals surface area contributed by atoms with Crippen LogP contribution >= 0.6 is 24.0 Å². The molecule has 1 aliphatic rings. The summed E-state index contributed by atoms with van der Waals surface area (Å²) < 4.78 is 0. The number of nitrogens with zero attached hydrogens (tertiary/aromatic N) is 2. The Morgan fingerprint density at radius 1 is 1.59 bits per heavy atom. The molecule has 2 unspecified atom stereocenters. The van der Waals surface area contributed by atoms with E-state index in [1.807, 2.05) is 23.9 Å². The van der Waals surface area contributed by atoms with Crippen molar-refractivity contribution in [1.29, 1.82) is 0 Å². The first-order valence-corrected chi connectivity index (χ1v) is 7.20. The molecule has 2 atom stereocenters. The second-order valence-corrected chi connectivity index (χ2v) is 6.17. The lowest BCUT2D eigenvalue weighted by Gasteiger charge is -2.39. The first kappa shape index (κ1) is 12.6. The molecule has 2 N–H and O–H groups in total. The van der Waals surface area contributed by atoms with E-state index < -0.39 is 0 Å². The van der Waals surface area contributed by atoms with Crippen molar-refractivity contribution < 1.29 is 0 Å². The summed E-state index contributed by atoms with van der Waals surface area (Å²) in [5.74, 6) is 2.05. The van der Waals surface area contributed by atoms with Crippen molar-refractivity contribution in [3.63, 3.8) is 0 Å².